The number of hydrogen-bond donors (Lipinski definition) is 14. The highest BCUT2D eigenvalue weighted by Crippen LogP contribution is 2.20. The molecule has 0 aliphatic heterocycles. The lowest BCUT2D eigenvalue weighted by Gasteiger charge is -2.27. The van der Waals surface area contributed by atoms with Crippen molar-refractivity contribution >= 4 is 76.2 Å². The lowest BCUT2D eigenvalue weighted by molar-refractivity contribution is -0.143. The molecule has 3 aromatic rings. The number of amides is 6. The smallest absolute Gasteiger partial charge is 0.326 e. The van der Waals surface area contributed by atoms with Gasteiger partial charge in [0.1, 0.15) is 42.0 Å². The molecule has 25 nitrogen and oxygen atoms in total. The zero-order valence-electron chi connectivity index (χ0n) is 35.1. The molecule has 25 heteroatoms. The number of aliphatic carboxylic acids is 5. The highest BCUT2D eigenvalue weighted by molar-refractivity contribution is 5.99. The summed E-state index contributed by atoms with van der Waals surface area (Å²) in [5.74, 6) is -15.2. The molecular weight excluding hydrogens is 876 g/mol. The molecule has 0 radical (unpaired) electrons. The van der Waals surface area contributed by atoms with Crippen molar-refractivity contribution < 1.29 is 83.4 Å². The van der Waals surface area contributed by atoms with E-state index in [9.17, 15) is 83.4 Å². The Balaban J connectivity index is 1.91. The Bertz CT molecular complexity index is 2300. The number of carboxylic acid groups (broad SMARTS) is 5. The van der Waals surface area contributed by atoms with Gasteiger partial charge in [0, 0.05) is 42.8 Å². The van der Waals surface area contributed by atoms with Crippen LogP contribution in [-0.2, 0) is 65.6 Å². The van der Waals surface area contributed by atoms with Gasteiger partial charge >= 0.3 is 29.8 Å². The maximum atomic E-state index is 13.9. The fraction of sp³-hybridized carbons (Fsp3) is 0.390. The summed E-state index contributed by atoms with van der Waals surface area (Å²) in [5.41, 5.74) is 7.02. The molecule has 0 bridgehead atoms. The maximum Gasteiger partial charge on any atom is 0.326 e. The minimum atomic E-state index is -2.07. The molecule has 1 aromatic heterocycles. The molecule has 2 aromatic carbocycles. The van der Waals surface area contributed by atoms with Crippen molar-refractivity contribution in [2.24, 2.45) is 5.73 Å². The summed E-state index contributed by atoms with van der Waals surface area (Å²) in [7, 11) is 0. The minimum Gasteiger partial charge on any atom is -0.508 e. The molecule has 356 valence electrons. The minimum absolute atomic E-state index is 0.161. The second-order valence-corrected chi connectivity index (χ2v) is 15.0. The van der Waals surface area contributed by atoms with Crippen LogP contribution in [0.3, 0.4) is 0 Å². The number of aromatic amines is 1. The average molecular weight is 927 g/mol. The van der Waals surface area contributed by atoms with Crippen LogP contribution in [0.2, 0.25) is 0 Å². The van der Waals surface area contributed by atoms with Crippen molar-refractivity contribution in [2.75, 3.05) is 0 Å². The zero-order valence-corrected chi connectivity index (χ0v) is 35.1. The third kappa shape index (κ3) is 16.9. The van der Waals surface area contributed by atoms with E-state index in [1.54, 1.807) is 30.5 Å². The van der Waals surface area contributed by atoms with Crippen LogP contribution < -0.4 is 37.6 Å². The molecule has 66 heavy (non-hydrogen) atoms. The number of aromatic nitrogens is 1. The fourth-order valence-electron chi connectivity index (χ4n) is 6.30. The third-order valence-electron chi connectivity index (χ3n) is 9.72. The quantitative estimate of drug-likeness (QED) is 0.0381. The van der Waals surface area contributed by atoms with Crippen LogP contribution in [0, 0.1) is 0 Å². The molecule has 0 aliphatic carbocycles. The number of carbonyl (C=O) groups is 11. The molecule has 0 saturated carbocycles. The van der Waals surface area contributed by atoms with E-state index in [2.05, 4.69) is 36.9 Å². The highest BCUT2D eigenvalue weighted by atomic mass is 16.4. The largest absolute Gasteiger partial charge is 0.508 e. The average Bonchev–Trinajstić information content (AvgIpc) is 3.65. The van der Waals surface area contributed by atoms with Crippen molar-refractivity contribution in [3.8, 4) is 5.75 Å². The number of carbonyl (C=O) groups excluding carboxylic acids is 6. The van der Waals surface area contributed by atoms with E-state index in [1.165, 1.54) is 31.2 Å². The number of hydrogen-bond acceptors (Lipinski definition) is 13. The Hall–Kier alpha value is -8.09. The molecule has 7 atom stereocenters. The van der Waals surface area contributed by atoms with Crippen molar-refractivity contribution in [3.63, 3.8) is 0 Å². The Morgan fingerprint density at radius 2 is 0.955 bits per heavy atom. The number of para-hydroxylation sites is 1. The van der Waals surface area contributed by atoms with E-state index in [0.717, 1.165) is 0 Å². The first-order chi connectivity index (χ1) is 31.0. The normalized spacial score (nSPS) is 14.1. The van der Waals surface area contributed by atoms with Gasteiger partial charge in [-0.15, -0.1) is 0 Å². The molecule has 1 heterocycles. The topological polar surface area (TPSA) is 423 Å². The number of fused-ring (bicyclic) bond motifs is 1. The van der Waals surface area contributed by atoms with E-state index in [-0.39, 0.29) is 18.6 Å². The van der Waals surface area contributed by atoms with Crippen molar-refractivity contribution in [3.05, 3.63) is 65.9 Å². The molecule has 0 fully saturated rings. The van der Waals surface area contributed by atoms with Gasteiger partial charge in [0.05, 0.1) is 18.9 Å². The summed E-state index contributed by atoms with van der Waals surface area (Å²) >= 11 is 0. The lowest BCUT2D eigenvalue weighted by Crippen LogP contribution is -2.60. The number of aromatic hydroxyl groups is 1. The monoisotopic (exact) mass is 926 g/mol. The second-order valence-electron chi connectivity index (χ2n) is 15.0. The van der Waals surface area contributed by atoms with Crippen LogP contribution in [0.4, 0.5) is 0 Å². The SMILES string of the molecule is C[C@H](N)C(=O)N[C@@H](CC(=O)O)C(=O)N[C@@H](CCC(=O)O)C(=O)N[C@@H](CCC(=O)O)C(=O)N[C@@H](CC(=O)O)C(=O)N[C@@H](Cc1ccc(O)cc1)C(=O)N[C@@H](Cc1c[nH]c2ccccc12)C(=O)O. The summed E-state index contributed by atoms with van der Waals surface area (Å²) in [6.07, 6.45) is -4.27. The molecule has 3 rings (SSSR count). The number of phenols is 1. The molecule has 0 unspecified atom stereocenters. The van der Waals surface area contributed by atoms with Crippen LogP contribution in [-0.4, -0.2) is 143 Å². The van der Waals surface area contributed by atoms with E-state index in [1.807, 2.05) is 0 Å². The number of nitrogens with one attached hydrogen (secondary N) is 7. The van der Waals surface area contributed by atoms with Crippen LogP contribution in [0.25, 0.3) is 10.9 Å². The van der Waals surface area contributed by atoms with E-state index >= 15 is 0 Å². The number of rotatable bonds is 27. The number of benzene rings is 2. The van der Waals surface area contributed by atoms with Gasteiger partial charge in [-0.1, -0.05) is 30.3 Å². The number of nitrogens with two attached hydrogens (primary N) is 1. The van der Waals surface area contributed by atoms with E-state index in [0.29, 0.717) is 22.0 Å². The predicted octanol–water partition coefficient (Wildman–Crippen LogP) is -2.32. The van der Waals surface area contributed by atoms with Gasteiger partial charge in [-0.2, -0.15) is 0 Å². The second kappa shape index (κ2) is 24.7. The van der Waals surface area contributed by atoms with Crippen molar-refractivity contribution in [2.45, 2.75) is 101 Å². The van der Waals surface area contributed by atoms with Gasteiger partial charge < -0.3 is 73.3 Å². The standard InChI is InChI=1S/C41H50N8O17/c1-19(42)35(59)46-28(16-33(55)56)39(63)45-25(10-12-31(51)52)36(60)44-26(11-13-32(53)54)37(61)48-29(17-34(57)58)40(64)47-27(14-20-6-8-22(50)9-7-20)38(62)49-30(41(65)66)15-21-18-43-24-5-3-2-4-23(21)24/h2-9,18-19,25-30,43,50H,10-17,42H2,1H3,(H,44,60)(H,45,63)(H,46,59)(H,47,64)(H,48,61)(H,49,62)(H,51,52)(H,53,54)(H,55,56)(H,57,58)(H,65,66)/t19-,25-,26-,27-,28-,29-,30-/m0/s1. The van der Waals surface area contributed by atoms with Crippen LogP contribution in [0.15, 0.2) is 54.7 Å². The Labute approximate surface area is 373 Å². The summed E-state index contributed by atoms with van der Waals surface area (Å²) in [5, 5.41) is 71.4. The lowest BCUT2D eigenvalue weighted by atomic mass is 10.0. The fourth-order valence-corrected chi connectivity index (χ4v) is 6.30. The van der Waals surface area contributed by atoms with Gasteiger partial charge in [0.15, 0.2) is 0 Å². The third-order valence-corrected chi connectivity index (χ3v) is 9.72. The maximum absolute atomic E-state index is 13.9. The van der Waals surface area contributed by atoms with E-state index < -0.39 is 146 Å². The van der Waals surface area contributed by atoms with Crippen LogP contribution in [0.5, 0.6) is 5.75 Å². The first kappa shape index (κ1) is 52.3. The van der Waals surface area contributed by atoms with Crippen LogP contribution in [0.1, 0.15) is 56.6 Å². The van der Waals surface area contributed by atoms with Crippen molar-refractivity contribution in [1.29, 1.82) is 0 Å². The van der Waals surface area contributed by atoms with Gasteiger partial charge in [0.25, 0.3) is 0 Å². The molecule has 0 saturated heterocycles. The van der Waals surface area contributed by atoms with Gasteiger partial charge in [-0.3, -0.25) is 47.9 Å². The molecule has 15 N–H and O–H groups in total. The first-order valence-electron chi connectivity index (χ1n) is 20.0. The Kier molecular flexibility index (Phi) is 19.5. The summed E-state index contributed by atoms with van der Waals surface area (Å²) in [4.78, 5) is 142. The zero-order chi connectivity index (χ0) is 49.2. The van der Waals surface area contributed by atoms with Gasteiger partial charge in [-0.25, -0.2) is 4.79 Å². The molecule has 0 spiro atoms. The Morgan fingerprint density at radius 1 is 0.530 bits per heavy atom. The Morgan fingerprint density at radius 3 is 1.42 bits per heavy atom. The number of phenolic OH excluding ortho intramolecular Hbond substituents is 1. The molecule has 6 amide bonds. The van der Waals surface area contributed by atoms with Crippen LogP contribution >= 0.6 is 0 Å². The van der Waals surface area contributed by atoms with Gasteiger partial charge in [0.2, 0.25) is 35.4 Å². The number of carboxylic acids is 5. The highest BCUT2D eigenvalue weighted by Gasteiger charge is 2.35. The molecular formula is C41H50N8O17. The number of H-pyrrole nitrogens is 1. The summed E-state index contributed by atoms with van der Waals surface area (Å²) in [6, 6.07) is 0.0721. The summed E-state index contributed by atoms with van der Waals surface area (Å²) in [6.45, 7) is 1.22. The van der Waals surface area contributed by atoms with Crippen molar-refractivity contribution in [1.82, 2.24) is 36.9 Å². The predicted molar refractivity (Wildman–Crippen MR) is 225 cm³/mol. The molecule has 0 aliphatic rings. The summed E-state index contributed by atoms with van der Waals surface area (Å²) < 4.78 is 0. The van der Waals surface area contributed by atoms with Gasteiger partial charge in [-0.05, 0) is 49.1 Å². The van der Waals surface area contributed by atoms with E-state index in [4.69, 9.17) is 5.73 Å². The first-order valence-corrected chi connectivity index (χ1v) is 20.0.